The molecule has 1 N–H and O–H groups in total. The van der Waals surface area contributed by atoms with Crippen LogP contribution in [0.5, 0.6) is 0 Å². The molecule has 0 atom stereocenters. The molecule has 0 amide bonds. The van der Waals surface area contributed by atoms with E-state index in [9.17, 15) is 18.0 Å². The number of aryl methyl sites for hydroxylation is 1. The number of benzene rings is 3. The van der Waals surface area contributed by atoms with Crippen LogP contribution in [0.4, 0.5) is 0 Å². The van der Waals surface area contributed by atoms with E-state index < -0.39 is 21.3 Å². The lowest BCUT2D eigenvalue weighted by molar-refractivity contribution is 0.156. The smallest absolute Gasteiger partial charge is 0.331 e. The second-order valence-corrected chi connectivity index (χ2v) is 12.3. The van der Waals surface area contributed by atoms with Gasteiger partial charge in [-0.3, -0.25) is 18.8 Å². The van der Waals surface area contributed by atoms with Gasteiger partial charge in [-0.15, -0.1) is 0 Å². The molecule has 6 rings (SSSR count). The summed E-state index contributed by atoms with van der Waals surface area (Å²) in [7, 11) is -0.643. The predicted molar refractivity (Wildman–Crippen MR) is 159 cm³/mol. The molecule has 41 heavy (non-hydrogen) atoms. The van der Waals surface area contributed by atoms with Gasteiger partial charge >= 0.3 is 5.69 Å². The fourth-order valence-electron chi connectivity index (χ4n) is 5.65. The van der Waals surface area contributed by atoms with Gasteiger partial charge in [0.25, 0.3) is 5.56 Å². The number of H-pyrrole nitrogens is 1. The average Bonchev–Trinajstić information content (AvgIpc) is 3.47. The van der Waals surface area contributed by atoms with Crippen LogP contribution in [0.1, 0.15) is 17.2 Å². The van der Waals surface area contributed by atoms with Crippen molar-refractivity contribution in [1.29, 1.82) is 0 Å². The average molecular weight is 570 g/mol. The summed E-state index contributed by atoms with van der Waals surface area (Å²) in [6.07, 6.45) is 0. The molecule has 0 unspecified atom stereocenters. The van der Waals surface area contributed by atoms with Gasteiger partial charge in [-0.1, -0.05) is 72.8 Å². The second kappa shape index (κ2) is 10.6. The van der Waals surface area contributed by atoms with E-state index in [4.69, 9.17) is 0 Å². The van der Waals surface area contributed by atoms with Crippen molar-refractivity contribution in [1.82, 2.24) is 23.3 Å². The lowest BCUT2D eigenvalue weighted by atomic mass is 9.96. The number of piperazine rings is 1. The molecule has 0 radical (unpaired) electrons. The summed E-state index contributed by atoms with van der Waals surface area (Å²) < 4.78 is 31.2. The molecule has 5 aromatic rings. The zero-order valence-corrected chi connectivity index (χ0v) is 23.7. The minimum atomic E-state index is -3.69. The van der Waals surface area contributed by atoms with Gasteiger partial charge in [0.05, 0.1) is 16.5 Å². The number of nitrogens with one attached hydrogen (secondary N) is 1. The van der Waals surface area contributed by atoms with Crippen LogP contribution in [0.2, 0.25) is 0 Å². The van der Waals surface area contributed by atoms with Crippen LogP contribution < -0.4 is 11.2 Å². The Balaban J connectivity index is 1.22. The molecular formula is C31H31N5O4S. The largest absolute Gasteiger partial charge is 0.349 e. The maximum atomic E-state index is 13.6. The molecule has 1 fully saturated rings. The van der Waals surface area contributed by atoms with E-state index in [2.05, 4.69) is 34.1 Å². The molecule has 0 spiro atoms. The van der Waals surface area contributed by atoms with Crippen molar-refractivity contribution in [3.63, 3.8) is 0 Å². The van der Waals surface area contributed by atoms with E-state index in [-0.39, 0.29) is 10.9 Å². The Labute approximate surface area is 238 Å². The summed E-state index contributed by atoms with van der Waals surface area (Å²) in [4.78, 5) is 30.5. The van der Waals surface area contributed by atoms with Crippen LogP contribution in [0.15, 0.2) is 105 Å². The fraction of sp³-hybridized carbons (Fsp3) is 0.226. The third kappa shape index (κ3) is 4.84. The second-order valence-electron chi connectivity index (χ2n) is 10.3. The van der Waals surface area contributed by atoms with Crippen LogP contribution >= 0.6 is 0 Å². The van der Waals surface area contributed by atoms with Gasteiger partial charge < -0.3 is 4.98 Å². The highest BCUT2D eigenvalue weighted by Crippen LogP contribution is 2.31. The Morgan fingerprint density at radius 2 is 1.29 bits per heavy atom. The number of sulfonamides is 1. The van der Waals surface area contributed by atoms with Gasteiger partial charge in [-0.2, -0.15) is 4.31 Å². The summed E-state index contributed by atoms with van der Waals surface area (Å²) in [5.41, 5.74) is 3.70. The maximum absolute atomic E-state index is 13.6. The Hall–Kier alpha value is -4.25. The third-order valence-electron chi connectivity index (χ3n) is 7.92. The first kappa shape index (κ1) is 26.9. The van der Waals surface area contributed by atoms with E-state index in [0.29, 0.717) is 48.5 Å². The van der Waals surface area contributed by atoms with Crippen molar-refractivity contribution in [2.24, 2.45) is 14.1 Å². The van der Waals surface area contributed by atoms with Crippen molar-refractivity contribution < 1.29 is 8.42 Å². The first-order valence-corrected chi connectivity index (χ1v) is 14.9. The van der Waals surface area contributed by atoms with Gasteiger partial charge in [0.2, 0.25) is 10.0 Å². The van der Waals surface area contributed by atoms with Gasteiger partial charge in [-0.05, 0) is 34.9 Å². The first-order chi connectivity index (χ1) is 19.8. The molecule has 2 aromatic heterocycles. The van der Waals surface area contributed by atoms with E-state index in [1.807, 2.05) is 36.4 Å². The summed E-state index contributed by atoms with van der Waals surface area (Å²) in [6, 6.07) is 29.0. The number of fused-ring (bicyclic) bond motifs is 1. The summed E-state index contributed by atoms with van der Waals surface area (Å²) >= 11 is 0. The predicted octanol–water partition coefficient (Wildman–Crippen LogP) is 3.33. The number of hydrogen-bond acceptors (Lipinski definition) is 5. The summed E-state index contributed by atoms with van der Waals surface area (Å²) in [6.45, 7) is 1.99. The van der Waals surface area contributed by atoms with Crippen molar-refractivity contribution in [3.05, 3.63) is 123 Å². The molecule has 0 bridgehead atoms. The lowest BCUT2D eigenvalue weighted by Gasteiger charge is -2.39. The maximum Gasteiger partial charge on any atom is 0.331 e. The van der Waals surface area contributed by atoms with Crippen molar-refractivity contribution in [2.75, 3.05) is 26.2 Å². The minimum absolute atomic E-state index is 0.0502. The number of nitrogens with zero attached hydrogens (tertiary/aromatic N) is 4. The van der Waals surface area contributed by atoms with Crippen LogP contribution in [0.25, 0.3) is 22.3 Å². The molecule has 1 aliphatic heterocycles. The van der Waals surface area contributed by atoms with Crippen molar-refractivity contribution in [3.8, 4) is 11.3 Å². The highest BCUT2D eigenvalue weighted by Gasteiger charge is 2.32. The molecule has 1 aliphatic rings. The Morgan fingerprint density at radius 1 is 0.732 bits per heavy atom. The Bertz CT molecular complexity index is 1880. The van der Waals surface area contributed by atoms with Crippen molar-refractivity contribution >= 4 is 21.1 Å². The highest BCUT2D eigenvalue weighted by molar-refractivity contribution is 7.89. The molecule has 0 saturated carbocycles. The minimum Gasteiger partial charge on any atom is -0.349 e. The molecule has 1 saturated heterocycles. The Kier molecular flexibility index (Phi) is 6.98. The van der Waals surface area contributed by atoms with Crippen LogP contribution in [0.3, 0.4) is 0 Å². The monoisotopic (exact) mass is 569 g/mol. The molecular weight excluding hydrogens is 538 g/mol. The normalized spacial score (nSPS) is 15.1. The standard InChI is InChI=1S/C31H31N5O4S/c1-33-27-21-26(32-28(27)30(37)34(2)31(33)38)22-13-15-25(16-14-22)41(39,40)36-19-17-35(18-20-36)29(23-9-5-3-6-10-23)24-11-7-4-8-12-24/h3-16,21,29,32H,17-20H2,1-2H3. The zero-order chi connectivity index (χ0) is 28.7. The molecule has 3 heterocycles. The number of aromatic nitrogens is 3. The number of hydrogen-bond donors (Lipinski definition) is 1. The molecule has 9 nitrogen and oxygen atoms in total. The topological polar surface area (TPSA) is 100 Å². The van der Waals surface area contributed by atoms with Crippen molar-refractivity contribution in [2.45, 2.75) is 10.9 Å². The van der Waals surface area contributed by atoms with Gasteiger partial charge in [0.15, 0.2) is 0 Å². The SMILES string of the molecule is Cn1c(=O)c2[nH]c(-c3ccc(S(=O)(=O)N4CCN(C(c5ccccc5)c5ccccc5)CC4)cc3)cc2n(C)c1=O. The van der Waals surface area contributed by atoms with Gasteiger partial charge in [-0.25, -0.2) is 13.2 Å². The van der Waals surface area contributed by atoms with Gasteiger partial charge in [0, 0.05) is 46.0 Å². The third-order valence-corrected chi connectivity index (χ3v) is 9.84. The number of rotatable bonds is 6. The summed E-state index contributed by atoms with van der Waals surface area (Å²) in [5.74, 6) is 0. The number of aromatic amines is 1. The van der Waals surface area contributed by atoms with Crippen LogP contribution in [-0.2, 0) is 24.1 Å². The molecule has 10 heteroatoms. The zero-order valence-electron chi connectivity index (χ0n) is 22.9. The van der Waals surface area contributed by atoms with Crippen LogP contribution in [0, 0.1) is 0 Å². The van der Waals surface area contributed by atoms with E-state index in [1.165, 1.54) is 22.7 Å². The lowest BCUT2D eigenvalue weighted by Crippen LogP contribution is -2.49. The van der Waals surface area contributed by atoms with E-state index in [0.717, 1.165) is 4.57 Å². The van der Waals surface area contributed by atoms with E-state index in [1.54, 1.807) is 41.7 Å². The fourth-order valence-corrected chi connectivity index (χ4v) is 7.07. The van der Waals surface area contributed by atoms with Gasteiger partial charge in [0.1, 0.15) is 5.52 Å². The van der Waals surface area contributed by atoms with E-state index >= 15 is 0 Å². The molecule has 0 aliphatic carbocycles. The van der Waals surface area contributed by atoms with Crippen LogP contribution in [-0.4, -0.2) is 57.9 Å². The highest BCUT2D eigenvalue weighted by atomic mass is 32.2. The molecule has 3 aromatic carbocycles. The Morgan fingerprint density at radius 3 is 1.85 bits per heavy atom. The molecule has 210 valence electrons. The quantitative estimate of drug-likeness (QED) is 0.338. The first-order valence-electron chi connectivity index (χ1n) is 13.5. The summed E-state index contributed by atoms with van der Waals surface area (Å²) in [5, 5.41) is 0.